The fraction of sp³-hybridized carbons (Fsp3) is 0.158. The number of fused-ring (bicyclic) bond motifs is 1. The van der Waals surface area contributed by atoms with E-state index in [2.05, 4.69) is 10.5 Å². The highest BCUT2D eigenvalue weighted by atomic mass is 32.1. The van der Waals surface area contributed by atoms with Crippen LogP contribution in [0.5, 0.6) is 5.75 Å². The molecular formula is C19H18N2O2S. The molecule has 0 fully saturated rings. The predicted octanol–water partition coefficient (Wildman–Crippen LogP) is 4.13. The highest BCUT2D eigenvalue weighted by molar-refractivity contribution is 7.13. The van der Waals surface area contributed by atoms with Crippen LogP contribution in [0, 0.1) is 6.92 Å². The molecule has 1 heterocycles. The number of nitrogens with one attached hydrogen (secondary N) is 1. The second-order valence-corrected chi connectivity index (χ2v) is 6.77. The third kappa shape index (κ3) is 4.00. The van der Waals surface area contributed by atoms with Gasteiger partial charge in [-0.25, -0.2) is 5.43 Å². The Kier molecular flexibility index (Phi) is 4.91. The lowest BCUT2D eigenvalue weighted by molar-refractivity contribution is -0.127. The van der Waals surface area contributed by atoms with E-state index in [1.165, 1.54) is 4.88 Å². The fourth-order valence-electron chi connectivity index (χ4n) is 2.27. The number of rotatable bonds is 5. The van der Waals surface area contributed by atoms with Crippen molar-refractivity contribution in [3.8, 4) is 5.75 Å². The number of carbonyl (C=O) groups is 1. The summed E-state index contributed by atoms with van der Waals surface area (Å²) in [5.41, 5.74) is 2.51. The maximum absolute atomic E-state index is 12.1. The lowest BCUT2D eigenvalue weighted by Gasteiger charge is -2.13. The summed E-state index contributed by atoms with van der Waals surface area (Å²) in [6.07, 6.45) is 1.01. The summed E-state index contributed by atoms with van der Waals surface area (Å²) in [7, 11) is 0. The zero-order valence-corrected chi connectivity index (χ0v) is 14.3. The van der Waals surface area contributed by atoms with E-state index in [0.717, 1.165) is 15.6 Å². The molecule has 1 aromatic heterocycles. The SMILES string of the molecule is Cc1ccc(C=NNC(=O)C(C)Oc2ccc3ccccc3c2)s1. The Balaban J connectivity index is 1.59. The van der Waals surface area contributed by atoms with Crippen molar-refractivity contribution < 1.29 is 9.53 Å². The molecule has 2 aromatic carbocycles. The van der Waals surface area contributed by atoms with E-state index in [0.29, 0.717) is 5.75 Å². The lowest BCUT2D eigenvalue weighted by Crippen LogP contribution is -2.33. The van der Waals surface area contributed by atoms with Crippen LogP contribution in [-0.4, -0.2) is 18.2 Å². The molecule has 24 heavy (non-hydrogen) atoms. The van der Waals surface area contributed by atoms with Gasteiger partial charge in [0.25, 0.3) is 5.91 Å². The molecule has 4 nitrogen and oxygen atoms in total. The summed E-state index contributed by atoms with van der Waals surface area (Å²) in [5, 5.41) is 6.19. The average Bonchev–Trinajstić information content (AvgIpc) is 3.00. The maximum Gasteiger partial charge on any atom is 0.280 e. The number of hydrogen-bond donors (Lipinski definition) is 1. The molecule has 0 radical (unpaired) electrons. The molecule has 0 saturated heterocycles. The second kappa shape index (κ2) is 7.27. The number of amides is 1. The summed E-state index contributed by atoms with van der Waals surface area (Å²) >= 11 is 1.62. The Hall–Kier alpha value is -2.66. The van der Waals surface area contributed by atoms with E-state index in [1.54, 1.807) is 24.5 Å². The highest BCUT2D eigenvalue weighted by Crippen LogP contribution is 2.21. The second-order valence-electron chi connectivity index (χ2n) is 5.45. The van der Waals surface area contributed by atoms with Gasteiger partial charge in [0.15, 0.2) is 6.10 Å². The minimum Gasteiger partial charge on any atom is -0.481 e. The fourth-order valence-corrected chi connectivity index (χ4v) is 3.02. The monoisotopic (exact) mass is 338 g/mol. The zero-order chi connectivity index (χ0) is 16.9. The molecule has 1 atom stereocenters. The van der Waals surface area contributed by atoms with Gasteiger partial charge in [0.1, 0.15) is 5.75 Å². The van der Waals surface area contributed by atoms with Crippen molar-refractivity contribution in [1.29, 1.82) is 0 Å². The third-order valence-corrected chi connectivity index (χ3v) is 4.47. The van der Waals surface area contributed by atoms with Crippen molar-refractivity contribution in [3.63, 3.8) is 0 Å². The van der Waals surface area contributed by atoms with Gasteiger partial charge in [-0.15, -0.1) is 11.3 Å². The molecule has 0 spiro atoms. The molecule has 3 aromatic rings. The van der Waals surface area contributed by atoms with Crippen LogP contribution in [-0.2, 0) is 4.79 Å². The molecule has 5 heteroatoms. The number of nitrogens with zero attached hydrogens (tertiary/aromatic N) is 1. The van der Waals surface area contributed by atoms with Crippen molar-refractivity contribution in [2.24, 2.45) is 5.10 Å². The van der Waals surface area contributed by atoms with Crippen LogP contribution in [0.4, 0.5) is 0 Å². The van der Waals surface area contributed by atoms with Crippen LogP contribution in [0.15, 0.2) is 59.7 Å². The first-order valence-corrected chi connectivity index (χ1v) is 8.48. The van der Waals surface area contributed by atoms with Gasteiger partial charge in [0.2, 0.25) is 0 Å². The summed E-state index contributed by atoms with van der Waals surface area (Å²) in [5.74, 6) is 0.377. The van der Waals surface area contributed by atoms with Gasteiger partial charge in [0, 0.05) is 9.75 Å². The van der Waals surface area contributed by atoms with Crippen LogP contribution in [0.1, 0.15) is 16.7 Å². The van der Waals surface area contributed by atoms with Gasteiger partial charge >= 0.3 is 0 Å². The number of hydrazone groups is 1. The van der Waals surface area contributed by atoms with E-state index in [-0.39, 0.29) is 5.91 Å². The Morgan fingerprint density at radius 3 is 2.71 bits per heavy atom. The van der Waals surface area contributed by atoms with E-state index in [9.17, 15) is 4.79 Å². The number of benzene rings is 2. The predicted molar refractivity (Wildman–Crippen MR) is 98.8 cm³/mol. The van der Waals surface area contributed by atoms with Crippen molar-refractivity contribution in [3.05, 3.63) is 64.4 Å². The van der Waals surface area contributed by atoms with Crippen molar-refractivity contribution in [2.45, 2.75) is 20.0 Å². The molecule has 0 saturated carbocycles. The van der Waals surface area contributed by atoms with Crippen molar-refractivity contribution in [1.82, 2.24) is 5.43 Å². The van der Waals surface area contributed by atoms with E-state index < -0.39 is 6.10 Å². The number of thiophene rings is 1. The highest BCUT2D eigenvalue weighted by Gasteiger charge is 2.14. The molecule has 3 rings (SSSR count). The van der Waals surface area contributed by atoms with E-state index >= 15 is 0 Å². The summed E-state index contributed by atoms with van der Waals surface area (Å²) in [4.78, 5) is 14.3. The number of ether oxygens (including phenoxy) is 1. The minimum atomic E-state index is -0.631. The van der Waals surface area contributed by atoms with Crippen molar-refractivity contribution in [2.75, 3.05) is 0 Å². The van der Waals surface area contributed by atoms with Crippen LogP contribution >= 0.6 is 11.3 Å². The van der Waals surface area contributed by atoms with Gasteiger partial charge in [-0.1, -0.05) is 30.3 Å². The molecule has 1 unspecified atom stereocenters. The van der Waals surface area contributed by atoms with Gasteiger partial charge in [-0.05, 0) is 48.9 Å². The topological polar surface area (TPSA) is 50.7 Å². The number of aryl methyl sites for hydroxylation is 1. The first kappa shape index (κ1) is 16.2. The molecule has 0 bridgehead atoms. The van der Waals surface area contributed by atoms with Crippen LogP contribution in [0.25, 0.3) is 10.8 Å². The number of carbonyl (C=O) groups excluding carboxylic acids is 1. The first-order chi connectivity index (χ1) is 11.6. The summed E-state index contributed by atoms with van der Waals surface area (Å²) < 4.78 is 5.71. The van der Waals surface area contributed by atoms with E-state index in [1.807, 2.05) is 61.5 Å². The van der Waals surface area contributed by atoms with Crippen molar-refractivity contribution >= 4 is 34.2 Å². The molecular weight excluding hydrogens is 320 g/mol. The van der Waals surface area contributed by atoms with Crippen LogP contribution in [0.2, 0.25) is 0 Å². The number of hydrogen-bond acceptors (Lipinski definition) is 4. The van der Waals surface area contributed by atoms with Crippen LogP contribution < -0.4 is 10.2 Å². The maximum atomic E-state index is 12.1. The standard InChI is InChI=1S/C19H18N2O2S/c1-13-7-10-18(24-13)12-20-21-19(22)14(2)23-17-9-8-15-5-3-4-6-16(15)11-17/h3-12,14H,1-2H3,(H,21,22). The van der Waals surface area contributed by atoms with Crippen LogP contribution in [0.3, 0.4) is 0 Å². The Morgan fingerprint density at radius 2 is 1.96 bits per heavy atom. The van der Waals surface area contributed by atoms with Gasteiger partial charge in [-0.2, -0.15) is 5.10 Å². The average molecular weight is 338 g/mol. The van der Waals surface area contributed by atoms with E-state index in [4.69, 9.17) is 4.74 Å². The van der Waals surface area contributed by atoms with Gasteiger partial charge in [-0.3, -0.25) is 4.79 Å². The zero-order valence-electron chi connectivity index (χ0n) is 13.5. The minimum absolute atomic E-state index is 0.285. The Morgan fingerprint density at radius 1 is 1.17 bits per heavy atom. The molecule has 1 amide bonds. The largest absolute Gasteiger partial charge is 0.481 e. The molecule has 0 aliphatic carbocycles. The van der Waals surface area contributed by atoms with Gasteiger partial charge < -0.3 is 4.74 Å². The molecule has 0 aliphatic rings. The Labute approximate surface area is 144 Å². The molecule has 1 N–H and O–H groups in total. The normalized spacial score (nSPS) is 12.4. The smallest absolute Gasteiger partial charge is 0.280 e. The lowest BCUT2D eigenvalue weighted by atomic mass is 10.1. The first-order valence-electron chi connectivity index (χ1n) is 7.66. The molecule has 0 aliphatic heterocycles. The Bertz CT molecular complexity index is 886. The van der Waals surface area contributed by atoms with Gasteiger partial charge in [0.05, 0.1) is 6.21 Å². The third-order valence-electron chi connectivity index (χ3n) is 3.53. The summed E-state index contributed by atoms with van der Waals surface area (Å²) in [6, 6.07) is 17.8. The summed E-state index contributed by atoms with van der Waals surface area (Å²) in [6.45, 7) is 3.73. The quantitative estimate of drug-likeness (QED) is 0.562. The molecule has 122 valence electrons.